The summed E-state index contributed by atoms with van der Waals surface area (Å²) in [7, 11) is 0. The van der Waals surface area contributed by atoms with Gasteiger partial charge in [-0.1, -0.05) is 13.3 Å². The summed E-state index contributed by atoms with van der Waals surface area (Å²) < 4.78 is 5.22. The first-order valence-electron chi connectivity index (χ1n) is 6.15. The minimum Gasteiger partial charge on any atom is -0.463 e. The fourth-order valence-corrected chi connectivity index (χ4v) is 1.83. The van der Waals surface area contributed by atoms with Crippen molar-refractivity contribution in [2.75, 3.05) is 6.54 Å². The van der Waals surface area contributed by atoms with Gasteiger partial charge in [0.1, 0.15) is 0 Å². The maximum Gasteiger partial charge on any atom is 0.306 e. The number of ether oxygens (including phenoxy) is 1. The van der Waals surface area contributed by atoms with Gasteiger partial charge in [0.25, 0.3) is 0 Å². The van der Waals surface area contributed by atoms with Gasteiger partial charge in [0, 0.05) is 12.5 Å². The number of rotatable bonds is 5. The van der Waals surface area contributed by atoms with Crippen molar-refractivity contribution < 1.29 is 9.53 Å². The van der Waals surface area contributed by atoms with Crippen LogP contribution >= 0.6 is 0 Å². The van der Waals surface area contributed by atoms with Gasteiger partial charge in [0.2, 0.25) is 0 Å². The summed E-state index contributed by atoms with van der Waals surface area (Å²) in [5.41, 5.74) is 0. The van der Waals surface area contributed by atoms with Crippen LogP contribution in [0.1, 0.15) is 52.4 Å². The third-order valence-electron chi connectivity index (χ3n) is 3.02. The maximum absolute atomic E-state index is 11.4. The monoisotopic (exact) mass is 213 g/mol. The number of esters is 1. The number of piperidine rings is 1. The molecule has 0 aliphatic carbocycles. The Kier molecular flexibility index (Phi) is 5.69. The molecule has 3 heteroatoms. The maximum atomic E-state index is 11.4. The lowest BCUT2D eigenvalue weighted by atomic mass is 10.0. The molecule has 0 bridgehead atoms. The van der Waals surface area contributed by atoms with Crippen molar-refractivity contribution in [3.63, 3.8) is 0 Å². The summed E-state index contributed by atoms with van der Waals surface area (Å²) in [5.74, 6) is -0.0447. The Balaban J connectivity index is 2.10. The van der Waals surface area contributed by atoms with Crippen molar-refractivity contribution in [3.05, 3.63) is 0 Å². The standard InChI is InChI=1S/C12H23NO2/c1-3-10(2)15-12(14)8-7-11-6-4-5-9-13-11/h10-11,13H,3-9H2,1-2H3. The van der Waals surface area contributed by atoms with E-state index in [4.69, 9.17) is 4.74 Å². The molecule has 15 heavy (non-hydrogen) atoms. The zero-order valence-corrected chi connectivity index (χ0v) is 9.92. The van der Waals surface area contributed by atoms with Gasteiger partial charge in [-0.2, -0.15) is 0 Å². The molecule has 0 aromatic rings. The van der Waals surface area contributed by atoms with E-state index >= 15 is 0 Å². The van der Waals surface area contributed by atoms with Gasteiger partial charge in [-0.25, -0.2) is 0 Å². The first-order chi connectivity index (χ1) is 7.22. The number of hydrogen-bond acceptors (Lipinski definition) is 3. The van der Waals surface area contributed by atoms with Crippen LogP contribution in [0.2, 0.25) is 0 Å². The molecular weight excluding hydrogens is 190 g/mol. The molecule has 0 aromatic heterocycles. The van der Waals surface area contributed by atoms with Crippen molar-refractivity contribution in [1.82, 2.24) is 5.32 Å². The molecule has 1 fully saturated rings. The van der Waals surface area contributed by atoms with E-state index in [1.165, 1.54) is 19.3 Å². The zero-order valence-electron chi connectivity index (χ0n) is 9.92. The number of carbonyl (C=O) groups is 1. The molecule has 1 rings (SSSR count). The number of nitrogens with one attached hydrogen (secondary N) is 1. The second-order valence-electron chi connectivity index (χ2n) is 4.39. The average molecular weight is 213 g/mol. The lowest BCUT2D eigenvalue weighted by molar-refractivity contribution is -0.148. The van der Waals surface area contributed by atoms with Gasteiger partial charge in [-0.3, -0.25) is 4.79 Å². The van der Waals surface area contributed by atoms with Crippen LogP contribution in [0.25, 0.3) is 0 Å². The van der Waals surface area contributed by atoms with Crippen LogP contribution in [0.4, 0.5) is 0 Å². The largest absolute Gasteiger partial charge is 0.463 e. The Bertz CT molecular complexity index is 188. The van der Waals surface area contributed by atoms with E-state index < -0.39 is 0 Å². The van der Waals surface area contributed by atoms with E-state index in [1.54, 1.807) is 0 Å². The molecule has 1 aliphatic heterocycles. The summed E-state index contributed by atoms with van der Waals surface area (Å²) in [6, 6.07) is 0.531. The highest BCUT2D eigenvalue weighted by molar-refractivity contribution is 5.69. The Morgan fingerprint density at radius 2 is 2.33 bits per heavy atom. The second kappa shape index (κ2) is 6.83. The molecule has 1 saturated heterocycles. The van der Waals surface area contributed by atoms with Gasteiger partial charge in [-0.05, 0) is 39.2 Å². The molecule has 88 valence electrons. The van der Waals surface area contributed by atoms with Gasteiger partial charge >= 0.3 is 5.97 Å². The van der Waals surface area contributed by atoms with E-state index in [2.05, 4.69) is 5.32 Å². The summed E-state index contributed by atoms with van der Waals surface area (Å²) in [4.78, 5) is 11.4. The lowest BCUT2D eigenvalue weighted by Crippen LogP contribution is -2.34. The van der Waals surface area contributed by atoms with Crippen LogP contribution in [0.3, 0.4) is 0 Å². The quantitative estimate of drug-likeness (QED) is 0.712. The van der Waals surface area contributed by atoms with Gasteiger partial charge in [0.05, 0.1) is 6.10 Å². The predicted octanol–water partition coefficient (Wildman–Crippen LogP) is 2.25. The minimum absolute atomic E-state index is 0.0447. The first kappa shape index (κ1) is 12.5. The minimum atomic E-state index is -0.0447. The van der Waals surface area contributed by atoms with Crippen molar-refractivity contribution in [2.45, 2.75) is 64.5 Å². The molecule has 0 radical (unpaired) electrons. The summed E-state index contributed by atoms with van der Waals surface area (Å²) in [5, 5.41) is 3.43. The Hall–Kier alpha value is -0.570. The zero-order chi connectivity index (χ0) is 11.1. The number of hydrogen-bond donors (Lipinski definition) is 1. The van der Waals surface area contributed by atoms with Crippen LogP contribution in [-0.2, 0) is 9.53 Å². The predicted molar refractivity (Wildman–Crippen MR) is 60.7 cm³/mol. The van der Waals surface area contributed by atoms with E-state index in [0.717, 1.165) is 19.4 Å². The van der Waals surface area contributed by atoms with Crippen molar-refractivity contribution >= 4 is 5.97 Å². The molecule has 1 aliphatic rings. The Labute approximate surface area is 92.6 Å². The molecule has 2 unspecified atom stereocenters. The van der Waals surface area contributed by atoms with E-state index in [0.29, 0.717) is 12.5 Å². The fraction of sp³-hybridized carbons (Fsp3) is 0.917. The molecule has 1 N–H and O–H groups in total. The van der Waals surface area contributed by atoms with Gasteiger partial charge in [-0.15, -0.1) is 0 Å². The SMILES string of the molecule is CCC(C)OC(=O)CCC1CCCCN1. The first-order valence-corrected chi connectivity index (χ1v) is 6.15. The second-order valence-corrected chi connectivity index (χ2v) is 4.39. The van der Waals surface area contributed by atoms with E-state index in [1.807, 2.05) is 13.8 Å². The summed E-state index contributed by atoms with van der Waals surface area (Å²) >= 11 is 0. The normalized spacial score (nSPS) is 23.5. The smallest absolute Gasteiger partial charge is 0.306 e. The van der Waals surface area contributed by atoms with Crippen LogP contribution in [0.5, 0.6) is 0 Å². The number of carbonyl (C=O) groups excluding carboxylic acids is 1. The van der Waals surface area contributed by atoms with Crippen LogP contribution in [0.15, 0.2) is 0 Å². The summed E-state index contributed by atoms with van der Waals surface area (Å²) in [6.07, 6.45) is 6.21. The molecule has 2 atom stereocenters. The van der Waals surface area contributed by atoms with Gasteiger partial charge < -0.3 is 10.1 Å². The highest BCUT2D eigenvalue weighted by Crippen LogP contribution is 2.12. The van der Waals surface area contributed by atoms with Crippen molar-refractivity contribution in [3.8, 4) is 0 Å². The Morgan fingerprint density at radius 3 is 2.93 bits per heavy atom. The third kappa shape index (κ3) is 5.17. The molecule has 1 heterocycles. The molecule has 0 saturated carbocycles. The summed E-state index contributed by atoms with van der Waals surface area (Å²) in [6.45, 7) is 5.07. The molecule has 0 aromatic carbocycles. The fourth-order valence-electron chi connectivity index (χ4n) is 1.83. The van der Waals surface area contributed by atoms with E-state index in [9.17, 15) is 4.79 Å². The highest BCUT2D eigenvalue weighted by Gasteiger charge is 2.15. The molecule has 0 amide bonds. The topological polar surface area (TPSA) is 38.3 Å². The molecular formula is C12H23NO2. The third-order valence-corrected chi connectivity index (χ3v) is 3.02. The van der Waals surface area contributed by atoms with Crippen molar-refractivity contribution in [2.24, 2.45) is 0 Å². The molecule has 3 nitrogen and oxygen atoms in total. The van der Waals surface area contributed by atoms with Crippen LogP contribution < -0.4 is 5.32 Å². The lowest BCUT2D eigenvalue weighted by Gasteiger charge is -2.23. The Morgan fingerprint density at radius 1 is 1.53 bits per heavy atom. The highest BCUT2D eigenvalue weighted by atomic mass is 16.5. The van der Waals surface area contributed by atoms with Crippen LogP contribution in [-0.4, -0.2) is 24.7 Å². The average Bonchev–Trinajstić information content (AvgIpc) is 2.27. The van der Waals surface area contributed by atoms with Crippen molar-refractivity contribution in [1.29, 1.82) is 0 Å². The van der Waals surface area contributed by atoms with E-state index in [-0.39, 0.29) is 12.1 Å². The molecule has 0 spiro atoms. The van der Waals surface area contributed by atoms with Crippen LogP contribution in [0, 0.1) is 0 Å². The van der Waals surface area contributed by atoms with Gasteiger partial charge in [0.15, 0.2) is 0 Å².